The van der Waals surface area contributed by atoms with Crippen molar-refractivity contribution in [1.82, 2.24) is 0 Å². The summed E-state index contributed by atoms with van der Waals surface area (Å²) in [5, 5.41) is 10.0. The summed E-state index contributed by atoms with van der Waals surface area (Å²) in [4.78, 5) is 0. The number of hydrogen-bond donors (Lipinski definition) is 1. The highest BCUT2D eigenvalue weighted by molar-refractivity contribution is 5.43. The zero-order valence-corrected chi connectivity index (χ0v) is 11.3. The summed E-state index contributed by atoms with van der Waals surface area (Å²) in [7, 11) is 0. The van der Waals surface area contributed by atoms with E-state index in [9.17, 15) is 5.11 Å². The van der Waals surface area contributed by atoms with Crippen molar-refractivity contribution < 1.29 is 5.11 Å². The molecule has 1 aromatic rings. The van der Waals surface area contributed by atoms with Crippen molar-refractivity contribution in [1.29, 1.82) is 0 Å². The average molecular weight is 232 g/mol. The summed E-state index contributed by atoms with van der Waals surface area (Å²) in [5.41, 5.74) is 3.74. The number of benzene rings is 1. The number of rotatable bonds is 6. The molecule has 1 N–H and O–H groups in total. The van der Waals surface area contributed by atoms with E-state index >= 15 is 0 Å². The van der Waals surface area contributed by atoms with E-state index in [0.717, 1.165) is 24.8 Å². The van der Waals surface area contributed by atoms with Gasteiger partial charge < -0.3 is 5.11 Å². The summed E-state index contributed by atoms with van der Waals surface area (Å²) in [6.45, 7) is 6.39. The van der Waals surface area contributed by atoms with Crippen molar-refractivity contribution in [2.75, 3.05) is 0 Å². The van der Waals surface area contributed by atoms with Crippen LogP contribution in [0.5, 0.6) is 5.75 Å². The molecular weight excluding hydrogens is 208 g/mol. The smallest absolute Gasteiger partial charge is 0.119 e. The second-order valence-electron chi connectivity index (χ2n) is 4.48. The number of hydrogen-bond acceptors (Lipinski definition) is 1. The highest BCUT2D eigenvalue weighted by Gasteiger charge is 2.07. The number of aromatic hydroxyl groups is 1. The van der Waals surface area contributed by atoms with Gasteiger partial charge in [-0.1, -0.05) is 38.5 Å². The number of aryl methyl sites for hydroxylation is 2. The number of phenolic OH excluding ortho intramolecular Hbond substituents is 1. The predicted molar refractivity (Wildman–Crippen MR) is 74.6 cm³/mol. The molecule has 94 valence electrons. The molecule has 0 bridgehead atoms. The molecule has 0 saturated carbocycles. The van der Waals surface area contributed by atoms with Gasteiger partial charge in [-0.05, 0) is 55.4 Å². The first kappa shape index (κ1) is 13.8. The van der Waals surface area contributed by atoms with E-state index in [2.05, 4.69) is 26.0 Å². The molecule has 0 spiro atoms. The maximum absolute atomic E-state index is 10.0. The van der Waals surface area contributed by atoms with Gasteiger partial charge in [-0.15, -0.1) is 0 Å². The molecule has 0 aliphatic carbocycles. The van der Waals surface area contributed by atoms with Crippen LogP contribution in [0.15, 0.2) is 24.3 Å². The fourth-order valence-electron chi connectivity index (χ4n) is 2.06. The maximum atomic E-state index is 10.0. The van der Waals surface area contributed by atoms with Crippen LogP contribution in [0.3, 0.4) is 0 Å². The molecule has 17 heavy (non-hydrogen) atoms. The van der Waals surface area contributed by atoms with Gasteiger partial charge in [0.2, 0.25) is 0 Å². The molecule has 0 saturated heterocycles. The summed E-state index contributed by atoms with van der Waals surface area (Å²) in [6.07, 6.45) is 9.45. The largest absolute Gasteiger partial charge is 0.508 e. The van der Waals surface area contributed by atoms with E-state index < -0.39 is 0 Å². The third-order valence-electron chi connectivity index (χ3n) is 3.15. The molecule has 1 nitrogen and oxygen atoms in total. The number of allylic oxidation sites excluding steroid dienone is 2. The van der Waals surface area contributed by atoms with Crippen LogP contribution >= 0.6 is 0 Å². The number of unbranched alkanes of at least 4 members (excludes halogenated alkanes) is 1. The second-order valence-corrected chi connectivity index (χ2v) is 4.48. The summed E-state index contributed by atoms with van der Waals surface area (Å²) >= 11 is 0. The zero-order chi connectivity index (χ0) is 12.7. The molecular formula is C16H24O. The Morgan fingerprint density at radius 2 is 1.88 bits per heavy atom. The van der Waals surface area contributed by atoms with Crippen molar-refractivity contribution in [3.63, 3.8) is 0 Å². The van der Waals surface area contributed by atoms with E-state index in [0.29, 0.717) is 5.75 Å². The first-order valence-corrected chi connectivity index (χ1v) is 6.67. The molecule has 1 aromatic carbocycles. The van der Waals surface area contributed by atoms with E-state index in [1.54, 1.807) is 0 Å². The lowest BCUT2D eigenvalue weighted by molar-refractivity contribution is 0.468. The van der Waals surface area contributed by atoms with Crippen LogP contribution < -0.4 is 0 Å². The lowest BCUT2D eigenvalue weighted by Crippen LogP contribution is -1.96. The summed E-state index contributed by atoms with van der Waals surface area (Å²) < 4.78 is 0. The fraction of sp³-hybridized carbons (Fsp3) is 0.500. The Labute approximate surface area is 105 Å². The van der Waals surface area contributed by atoms with Crippen molar-refractivity contribution >= 4 is 0 Å². The standard InChI is InChI=1S/C16H24O/c1-4-7-9-14-12-16(17)15(10-8-5-2)11-13(14)6-3/h5,8,11-12,17H,4,6-7,9-10H2,1-3H3/b8-5+. The predicted octanol–water partition coefficient (Wildman–Crippen LogP) is 4.42. The molecule has 0 amide bonds. The molecule has 0 unspecified atom stereocenters. The van der Waals surface area contributed by atoms with Crippen LogP contribution in [0.25, 0.3) is 0 Å². The topological polar surface area (TPSA) is 20.2 Å². The van der Waals surface area contributed by atoms with Gasteiger partial charge >= 0.3 is 0 Å². The van der Waals surface area contributed by atoms with Gasteiger partial charge in [0, 0.05) is 0 Å². The lowest BCUT2D eigenvalue weighted by atomic mass is 9.96. The van der Waals surface area contributed by atoms with Crippen LogP contribution in [0, 0.1) is 0 Å². The second kappa shape index (κ2) is 7.16. The number of phenols is 1. The lowest BCUT2D eigenvalue weighted by Gasteiger charge is -2.11. The van der Waals surface area contributed by atoms with Gasteiger partial charge in [0.15, 0.2) is 0 Å². The van der Waals surface area contributed by atoms with Gasteiger partial charge in [-0.3, -0.25) is 0 Å². The highest BCUT2D eigenvalue weighted by Crippen LogP contribution is 2.25. The van der Waals surface area contributed by atoms with Crippen LogP contribution in [-0.2, 0) is 19.3 Å². The Morgan fingerprint density at radius 3 is 2.47 bits per heavy atom. The van der Waals surface area contributed by atoms with Crippen molar-refractivity contribution in [3.05, 3.63) is 41.0 Å². The van der Waals surface area contributed by atoms with Gasteiger partial charge in [-0.25, -0.2) is 0 Å². The quantitative estimate of drug-likeness (QED) is 0.720. The Hall–Kier alpha value is -1.24. The zero-order valence-electron chi connectivity index (χ0n) is 11.3. The van der Waals surface area contributed by atoms with Gasteiger partial charge in [0.1, 0.15) is 5.75 Å². The Kier molecular flexibility index (Phi) is 5.82. The minimum Gasteiger partial charge on any atom is -0.508 e. The maximum Gasteiger partial charge on any atom is 0.119 e. The molecule has 0 heterocycles. The van der Waals surface area contributed by atoms with Gasteiger partial charge in [0.25, 0.3) is 0 Å². The Balaban J connectivity index is 2.97. The SMILES string of the molecule is C/C=C/Cc1cc(CC)c(CCCC)cc1O. The van der Waals surface area contributed by atoms with Crippen molar-refractivity contribution in [2.45, 2.75) is 52.9 Å². The summed E-state index contributed by atoms with van der Waals surface area (Å²) in [6, 6.07) is 4.13. The van der Waals surface area contributed by atoms with Crippen LogP contribution in [-0.4, -0.2) is 5.11 Å². The van der Waals surface area contributed by atoms with E-state index in [4.69, 9.17) is 0 Å². The molecule has 0 radical (unpaired) electrons. The van der Waals surface area contributed by atoms with Crippen molar-refractivity contribution in [2.24, 2.45) is 0 Å². The van der Waals surface area contributed by atoms with Crippen LogP contribution in [0.2, 0.25) is 0 Å². The minimum atomic E-state index is 0.450. The Morgan fingerprint density at radius 1 is 1.12 bits per heavy atom. The molecule has 0 aliphatic heterocycles. The van der Waals surface area contributed by atoms with Crippen LogP contribution in [0.4, 0.5) is 0 Å². The van der Waals surface area contributed by atoms with Crippen LogP contribution in [0.1, 0.15) is 50.3 Å². The van der Waals surface area contributed by atoms with E-state index in [1.807, 2.05) is 19.1 Å². The van der Waals surface area contributed by atoms with Gasteiger partial charge in [-0.2, -0.15) is 0 Å². The molecule has 0 aliphatic rings. The first-order valence-electron chi connectivity index (χ1n) is 6.67. The highest BCUT2D eigenvalue weighted by atomic mass is 16.3. The molecule has 1 rings (SSSR count). The molecule has 0 aromatic heterocycles. The normalized spacial score (nSPS) is 11.2. The molecule has 0 fully saturated rings. The fourth-order valence-corrected chi connectivity index (χ4v) is 2.06. The third-order valence-corrected chi connectivity index (χ3v) is 3.15. The Bertz CT molecular complexity index is 377. The van der Waals surface area contributed by atoms with E-state index in [1.165, 1.54) is 24.0 Å². The minimum absolute atomic E-state index is 0.450. The molecule has 0 atom stereocenters. The van der Waals surface area contributed by atoms with Gasteiger partial charge in [0.05, 0.1) is 0 Å². The van der Waals surface area contributed by atoms with Crippen molar-refractivity contribution in [3.8, 4) is 5.75 Å². The monoisotopic (exact) mass is 232 g/mol. The third kappa shape index (κ3) is 3.92. The first-order chi connectivity index (χ1) is 8.22. The van der Waals surface area contributed by atoms with E-state index in [-0.39, 0.29) is 0 Å². The molecule has 1 heteroatoms. The summed E-state index contributed by atoms with van der Waals surface area (Å²) in [5.74, 6) is 0.450. The average Bonchev–Trinajstić information content (AvgIpc) is 2.35.